The Balaban J connectivity index is 1.39. The quantitative estimate of drug-likeness (QED) is 0.606. The van der Waals surface area contributed by atoms with E-state index in [2.05, 4.69) is 15.3 Å². The number of hydrogen-bond acceptors (Lipinski definition) is 7. The Kier molecular flexibility index (Phi) is 6.24. The first-order valence-corrected chi connectivity index (χ1v) is 12.6. The SMILES string of the molecule is CS(=O)(=O)N1CCN(c2ccc(C(=O)Nc3nc(-c4ccccc4Cl)cs3)nc2)CC1. The molecule has 0 atom stereocenters. The van der Waals surface area contributed by atoms with Gasteiger partial charge in [0.15, 0.2) is 5.13 Å². The monoisotopic (exact) mass is 477 g/mol. The molecule has 1 aliphatic rings. The first-order chi connectivity index (χ1) is 14.8. The number of halogens is 1. The highest BCUT2D eigenvalue weighted by molar-refractivity contribution is 7.88. The molecular weight excluding hydrogens is 458 g/mol. The summed E-state index contributed by atoms with van der Waals surface area (Å²) in [6.45, 7) is 2.01. The summed E-state index contributed by atoms with van der Waals surface area (Å²) in [5.41, 5.74) is 2.62. The summed E-state index contributed by atoms with van der Waals surface area (Å²) in [6, 6.07) is 10.9. The lowest BCUT2D eigenvalue weighted by molar-refractivity contribution is 0.102. The molecule has 0 aliphatic carbocycles. The van der Waals surface area contributed by atoms with E-state index < -0.39 is 10.0 Å². The molecule has 162 valence electrons. The number of sulfonamides is 1. The average Bonchev–Trinajstić information content (AvgIpc) is 3.22. The summed E-state index contributed by atoms with van der Waals surface area (Å²) in [6.07, 6.45) is 2.85. The average molecular weight is 478 g/mol. The van der Waals surface area contributed by atoms with Gasteiger partial charge in [0.1, 0.15) is 5.69 Å². The minimum absolute atomic E-state index is 0.271. The van der Waals surface area contributed by atoms with E-state index in [1.807, 2.05) is 34.5 Å². The van der Waals surface area contributed by atoms with E-state index in [9.17, 15) is 13.2 Å². The molecule has 3 heterocycles. The van der Waals surface area contributed by atoms with Gasteiger partial charge in [-0.3, -0.25) is 10.1 Å². The number of piperazine rings is 1. The van der Waals surface area contributed by atoms with Crippen molar-refractivity contribution in [1.82, 2.24) is 14.3 Å². The van der Waals surface area contributed by atoms with Gasteiger partial charge in [-0.2, -0.15) is 4.31 Å². The first kappa shape index (κ1) is 21.7. The Bertz CT molecular complexity index is 1190. The second-order valence-corrected chi connectivity index (χ2v) is 10.3. The molecule has 0 unspecified atom stereocenters. The molecule has 1 fully saturated rings. The fraction of sp³-hybridized carbons (Fsp3) is 0.250. The number of rotatable bonds is 5. The highest BCUT2D eigenvalue weighted by Crippen LogP contribution is 2.30. The van der Waals surface area contributed by atoms with Crippen LogP contribution in [0.5, 0.6) is 0 Å². The van der Waals surface area contributed by atoms with Gasteiger partial charge in [0.05, 0.1) is 23.8 Å². The molecule has 8 nitrogen and oxygen atoms in total. The summed E-state index contributed by atoms with van der Waals surface area (Å²) in [5.74, 6) is -0.353. The molecule has 1 aliphatic heterocycles. The number of thiazole rings is 1. The van der Waals surface area contributed by atoms with Gasteiger partial charge in [-0.1, -0.05) is 29.8 Å². The van der Waals surface area contributed by atoms with Crippen LogP contribution in [-0.4, -0.2) is 61.0 Å². The topological polar surface area (TPSA) is 95.5 Å². The maximum absolute atomic E-state index is 12.5. The number of pyridine rings is 1. The molecule has 0 saturated carbocycles. The maximum Gasteiger partial charge on any atom is 0.276 e. The van der Waals surface area contributed by atoms with E-state index in [4.69, 9.17) is 11.6 Å². The third-order valence-electron chi connectivity index (χ3n) is 4.93. The Morgan fingerprint density at radius 2 is 1.87 bits per heavy atom. The molecule has 0 radical (unpaired) electrons. The number of hydrogen-bond donors (Lipinski definition) is 1. The van der Waals surface area contributed by atoms with Gasteiger partial charge < -0.3 is 4.90 Å². The zero-order chi connectivity index (χ0) is 22.0. The van der Waals surface area contributed by atoms with Gasteiger partial charge in [-0.15, -0.1) is 11.3 Å². The highest BCUT2D eigenvalue weighted by Gasteiger charge is 2.23. The van der Waals surface area contributed by atoms with Crippen molar-refractivity contribution in [1.29, 1.82) is 0 Å². The van der Waals surface area contributed by atoms with Crippen LogP contribution in [0.3, 0.4) is 0 Å². The van der Waals surface area contributed by atoms with Crippen molar-refractivity contribution in [2.45, 2.75) is 0 Å². The zero-order valence-electron chi connectivity index (χ0n) is 16.7. The second kappa shape index (κ2) is 8.91. The van der Waals surface area contributed by atoms with Gasteiger partial charge in [0.25, 0.3) is 5.91 Å². The summed E-state index contributed by atoms with van der Waals surface area (Å²) >= 11 is 7.52. The lowest BCUT2D eigenvalue weighted by atomic mass is 10.2. The van der Waals surface area contributed by atoms with Crippen LogP contribution < -0.4 is 10.2 Å². The third-order valence-corrected chi connectivity index (χ3v) is 7.32. The maximum atomic E-state index is 12.5. The Morgan fingerprint density at radius 1 is 1.13 bits per heavy atom. The first-order valence-electron chi connectivity index (χ1n) is 9.49. The smallest absolute Gasteiger partial charge is 0.276 e. The number of nitrogens with zero attached hydrogens (tertiary/aromatic N) is 4. The third kappa shape index (κ3) is 5.04. The number of carbonyl (C=O) groups is 1. The Morgan fingerprint density at radius 3 is 2.52 bits per heavy atom. The summed E-state index contributed by atoms with van der Waals surface area (Å²) < 4.78 is 24.7. The van der Waals surface area contributed by atoms with Gasteiger partial charge in [0.2, 0.25) is 10.0 Å². The minimum Gasteiger partial charge on any atom is -0.368 e. The standard InChI is InChI=1S/C20H20ClN5O3S2/c1-31(28,29)26-10-8-25(9-11-26)14-6-7-17(22-12-14)19(27)24-20-23-18(13-30-20)15-4-2-3-5-16(15)21/h2-7,12-13H,8-11H2,1H3,(H,23,24,27). The van der Waals surface area contributed by atoms with Gasteiger partial charge in [-0.25, -0.2) is 18.4 Å². The fourth-order valence-electron chi connectivity index (χ4n) is 3.27. The van der Waals surface area contributed by atoms with Crippen molar-refractivity contribution in [2.75, 3.05) is 42.7 Å². The largest absolute Gasteiger partial charge is 0.368 e. The van der Waals surface area contributed by atoms with E-state index in [1.54, 1.807) is 18.3 Å². The number of anilines is 2. The zero-order valence-corrected chi connectivity index (χ0v) is 19.0. The second-order valence-electron chi connectivity index (χ2n) is 7.02. The molecule has 0 spiro atoms. The summed E-state index contributed by atoms with van der Waals surface area (Å²) in [5, 5.41) is 5.66. The van der Waals surface area contributed by atoms with Gasteiger partial charge >= 0.3 is 0 Å². The summed E-state index contributed by atoms with van der Waals surface area (Å²) in [7, 11) is -3.17. The molecular formula is C20H20ClN5O3S2. The highest BCUT2D eigenvalue weighted by atomic mass is 35.5. The van der Waals surface area contributed by atoms with Crippen LogP contribution >= 0.6 is 22.9 Å². The fourth-order valence-corrected chi connectivity index (χ4v) is 5.04. The van der Waals surface area contributed by atoms with Crippen LogP contribution in [0.25, 0.3) is 11.3 Å². The van der Waals surface area contributed by atoms with Crippen molar-refractivity contribution < 1.29 is 13.2 Å². The van der Waals surface area contributed by atoms with Crippen LogP contribution in [-0.2, 0) is 10.0 Å². The van der Waals surface area contributed by atoms with Crippen molar-refractivity contribution in [3.8, 4) is 11.3 Å². The molecule has 0 bridgehead atoms. The van der Waals surface area contributed by atoms with Crippen LogP contribution in [0, 0.1) is 0 Å². The van der Waals surface area contributed by atoms with Crippen LogP contribution in [0.2, 0.25) is 5.02 Å². The predicted molar refractivity (Wildman–Crippen MR) is 123 cm³/mol. The molecule has 11 heteroatoms. The van der Waals surface area contributed by atoms with Crippen LogP contribution in [0.1, 0.15) is 10.5 Å². The molecule has 1 N–H and O–H groups in total. The van der Waals surface area contributed by atoms with Gasteiger partial charge in [-0.05, 0) is 18.2 Å². The molecule has 1 saturated heterocycles. The van der Waals surface area contributed by atoms with E-state index >= 15 is 0 Å². The lowest BCUT2D eigenvalue weighted by Gasteiger charge is -2.34. The van der Waals surface area contributed by atoms with Crippen LogP contribution in [0.15, 0.2) is 48.0 Å². The molecule has 3 aromatic rings. The number of carbonyl (C=O) groups excluding carboxylic acids is 1. The number of aromatic nitrogens is 2. The van der Waals surface area contributed by atoms with Crippen molar-refractivity contribution in [3.05, 3.63) is 58.7 Å². The van der Waals surface area contributed by atoms with Crippen molar-refractivity contribution >= 4 is 49.7 Å². The van der Waals surface area contributed by atoms with Crippen molar-refractivity contribution in [2.24, 2.45) is 0 Å². The molecule has 1 aromatic carbocycles. The molecule has 1 amide bonds. The molecule has 2 aromatic heterocycles. The Labute approximate surface area is 189 Å². The predicted octanol–water partition coefficient (Wildman–Crippen LogP) is 3.19. The summed E-state index contributed by atoms with van der Waals surface area (Å²) in [4.78, 5) is 23.3. The van der Waals surface area contributed by atoms with Crippen LogP contribution in [0.4, 0.5) is 10.8 Å². The lowest BCUT2D eigenvalue weighted by Crippen LogP contribution is -2.48. The van der Waals surface area contributed by atoms with Crippen molar-refractivity contribution in [3.63, 3.8) is 0 Å². The van der Waals surface area contributed by atoms with Gasteiger partial charge in [0, 0.05) is 42.1 Å². The van der Waals surface area contributed by atoms with E-state index in [1.165, 1.54) is 21.9 Å². The molecule has 31 heavy (non-hydrogen) atoms. The van der Waals surface area contributed by atoms with E-state index in [0.717, 1.165) is 11.3 Å². The number of benzene rings is 1. The number of amides is 1. The van der Waals surface area contributed by atoms with E-state index in [0.29, 0.717) is 42.0 Å². The normalized spacial score (nSPS) is 15.1. The Hall–Kier alpha value is -2.53. The molecule has 4 rings (SSSR count). The van der Waals surface area contributed by atoms with E-state index in [-0.39, 0.29) is 11.6 Å². The minimum atomic E-state index is -3.17. The number of nitrogens with one attached hydrogen (secondary N) is 1.